The van der Waals surface area contributed by atoms with E-state index in [1.807, 2.05) is 30.3 Å². The molecule has 2 aliphatic heterocycles. The average Bonchev–Trinajstić information content (AvgIpc) is 2.57. The highest BCUT2D eigenvalue weighted by Gasteiger charge is 2.49. The van der Waals surface area contributed by atoms with Crippen LogP contribution in [0.25, 0.3) is 0 Å². The summed E-state index contributed by atoms with van der Waals surface area (Å²) in [5.74, 6) is -0.273. The number of benzene rings is 1. The van der Waals surface area contributed by atoms with Crippen LogP contribution in [0.4, 0.5) is 0 Å². The second-order valence-electron chi connectivity index (χ2n) is 5.67. The van der Waals surface area contributed by atoms with Gasteiger partial charge in [0.15, 0.2) is 12.6 Å². The standard InChI is InChI=1S/C16H21NO6/c1-9(18)17-12-13(19)14-11(22-16(12)20-2)8-21-15(23-14)10-6-4-3-5-7-10/h3-7,11-16,19H,8H2,1-2H3,(H,17,18)/t11-,12+,13-,14+,15?,16+/m1/s1. The summed E-state index contributed by atoms with van der Waals surface area (Å²) in [4.78, 5) is 11.4. The van der Waals surface area contributed by atoms with Crippen LogP contribution in [0.2, 0.25) is 0 Å². The number of methoxy groups -OCH3 is 1. The Kier molecular flexibility index (Phi) is 4.93. The molecule has 2 N–H and O–H groups in total. The molecule has 2 heterocycles. The number of carbonyl (C=O) groups is 1. The van der Waals surface area contributed by atoms with Crippen LogP contribution < -0.4 is 5.32 Å². The molecule has 0 aromatic heterocycles. The molecule has 1 aromatic carbocycles. The summed E-state index contributed by atoms with van der Waals surface area (Å²) in [5.41, 5.74) is 0.864. The Balaban J connectivity index is 1.76. The van der Waals surface area contributed by atoms with Gasteiger partial charge in [0, 0.05) is 19.6 Å². The highest BCUT2D eigenvalue weighted by atomic mass is 16.7. The van der Waals surface area contributed by atoms with E-state index < -0.39 is 36.9 Å². The minimum atomic E-state index is -0.960. The van der Waals surface area contributed by atoms with Crippen molar-refractivity contribution < 1.29 is 28.8 Å². The Morgan fingerprint density at radius 1 is 1.30 bits per heavy atom. The fourth-order valence-corrected chi connectivity index (χ4v) is 2.96. The second-order valence-corrected chi connectivity index (χ2v) is 5.67. The van der Waals surface area contributed by atoms with Gasteiger partial charge in [-0.15, -0.1) is 0 Å². The molecule has 7 nitrogen and oxygen atoms in total. The predicted molar refractivity (Wildman–Crippen MR) is 79.3 cm³/mol. The number of rotatable bonds is 3. The molecule has 0 radical (unpaired) electrons. The molecule has 1 unspecified atom stereocenters. The maximum atomic E-state index is 11.4. The third-order valence-electron chi connectivity index (χ3n) is 4.04. The van der Waals surface area contributed by atoms with Crippen molar-refractivity contribution in [1.82, 2.24) is 5.32 Å². The molecule has 1 amide bonds. The third-order valence-corrected chi connectivity index (χ3v) is 4.04. The predicted octanol–water partition coefficient (Wildman–Crippen LogP) is 0.337. The number of hydrogen-bond acceptors (Lipinski definition) is 6. The lowest BCUT2D eigenvalue weighted by Gasteiger charge is -2.47. The first kappa shape index (κ1) is 16.4. The number of ether oxygens (including phenoxy) is 4. The summed E-state index contributed by atoms with van der Waals surface area (Å²) in [7, 11) is 1.46. The van der Waals surface area contributed by atoms with Crippen LogP contribution in [0.15, 0.2) is 30.3 Å². The highest BCUT2D eigenvalue weighted by molar-refractivity contribution is 5.73. The van der Waals surface area contributed by atoms with Crippen LogP contribution in [-0.4, -0.2) is 55.4 Å². The summed E-state index contributed by atoms with van der Waals surface area (Å²) in [6, 6.07) is 8.78. The first-order chi connectivity index (χ1) is 11.1. The van der Waals surface area contributed by atoms with Crippen LogP contribution in [-0.2, 0) is 23.7 Å². The fraction of sp³-hybridized carbons (Fsp3) is 0.562. The molecule has 2 aliphatic rings. The lowest BCUT2D eigenvalue weighted by molar-refractivity contribution is -0.341. The number of aliphatic hydroxyl groups excluding tert-OH is 1. The summed E-state index contributed by atoms with van der Waals surface area (Å²) >= 11 is 0. The van der Waals surface area contributed by atoms with E-state index in [0.29, 0.717) is 0 Å². The number of fused-ring (bicyclic) bond motifs is 1. The molecule has 3 rings (SSSR count). The second kappa shape index (κ2) is 6.94. The van der Waals surface area contributed by atoms with E-state index in [4.69, 9.17) is 18.9 Å². The van der Waals surface area contributed by atoms with Gasteiger partial charge in [-0.25, -0.2) is 0 Å². The first-order valence-corrected chi connectivity index (χ1v) is 7.55. The molecular weight excluding hydrogens is 302 g/mol. The van der Waals surface area contributed by atoms with Crippen molar-refractivity contribution in [3.8, 4) is 0 Å². The Bertz CT molecular complexity index is 539. The first-order valence-electron chi connectivity index (χ1n) is 7.55. The summed E-state index contributed by atoms with van der Waals surface area (Å²) in [5, 5.41) is 13.3. The van der Waals surface area contributed by atoms with E-state index in [0.717, 1.165) is 5.56 Å². The highest BCUT2D eigenvalue weighted by Crippen LogP contribution is 2.34. The Labute approximate surface area is 134 Å². The van der Waals surface area contributed by atoms with Crippen molar-refractivity contribution in [1.29, 1.82) is 0 Å². The molecule has 7 heteroatoms. The van der Waals surface area contributed by atoms with E-state index in [2.05, 4.69) is 5.32 Å². The van der Waals surface area contributed by atoms with Gasteiger partial charge in [-0.3, -0.25) is 4.79 Å². The maximum absolute atomic E-state index is 11.4. The molecule has 2 saturated heterocycles. The van der Waals surface area contributed by atoms with E-state index >= 15 is 0 Å². The van der Waals surface area contributed by atoms with Crippen molar-refractivity contribution in [2.45, 2.75) is 43.9 Å². The number of aliphatic hydroxyl groups is 1. The van der Waals surface area contributed by atoms with Gasteiger partial charge in [-0.05, 0) is 0 Å². The molecule has 6 atom stereocenters. The number of carbonyl (C=O) groups excluding carboxylic acids is 1. The van der Waals surface area contributed by atoms with E-state index in [9.17, 15) is 9.90 Å². The molecular formula is C16H21NO6. The molecule has 0 bridgehead atoms. The van der Waals surface area contributed by atoms with Crippen LogP contribution in [0, 0.1) is 0 Å². The molecule has 0 saturated carbocycles. The van der Waals surface area contributed by atoms with Crippen LogP contribution in [0.3, 0.4) is 0 Å². The van der Waals surface area contributed by atoms with Crippen molar-refractivity contribution in [3.05, 3.63) is 35.9 Å². The van der Waals surface area contributed by atoms with Crippen LogP contribution >= 0.6 is 0 Å². The molecule has 2 fully saturated rings. The van der Waals surface area contributed by atoms with Crippen molar-refractivity contribution in [3.63, 3.8) is 0 Å². The smallest absolute Gasteiger partial charge is 0.217 e. The Morgan fingerprint density at radius 3 is 2.70 bits per heavy atom. The zero-order valence-electron chi connectivity index (χ0n) is 13.0. The fourth-order valence-electron chi connectivity index (χ4n) is 2.96. The average molecular weight is 323 g/mol. The minimum absolute atomic E-state index is 0.272. The minimum Gasteiger partial charge on any atom is -0.388 e. The van der Waals surface area contributed by atoms with Gasteiger partial charge >= 0.3 is 0 Å². The van der Waals surface area contributed by atoms with E-state index in [-0.39, 0.29) is 12.5 Å². The van der Waals surface area contributed by atoms with Gasteiger partial charge in [0.1, 0.15) is 24.4 Å². The quantitative estimate of drug-likeness (QED) is 0.834. The number of amides is 1. The summed E-state index contributed by atoms with van der Waals surface area (Å²) in [6.45, 7) is 1.65. The zero-order chi connectivity index (χ0) is 16.4. The van der Waals surface area contributed by atoms with Crippen molar-refractivity contribution in [2.75, 3.05) is 13.7 Å². The third kappa shape index (κ3) is 3.39. The molecule has 0 spiro atoms. The van der Waals surface area contributed by atoms with Crippen molar-refractivity contribution >= 4 is 5.91 Å². The maximum Gasteiger partial charge on any atom is 0.217 e. The molecule has 1 aromatic rings. The van der Waals surface area contributed by atoms with Gasteiger partial charge in [0.05, 0.1) is 6.61 Å². The van der Waals surface area contributed by atoms with Gasteiger partial charge in [0.25, 0.3) is 0 Å². The normalized spacial score (nSPS) is 37.0. The van der Waals surface area contributed by atoms with Crippen LogP contribution in [0.1, 0.15) is 18.8 Å². The molecule has 23 heavy (non-hydrogen) atoms. The molecule has 126 valence electrons. The largest absolute Gasteiger partial charge is 0.388 e. The monoisotopic (exact) mass is 323 g/mol. The van der Waals surface area contributed by atoms with Crippen LogP contribution in [0.5, 0.6) is 0 Å². The topological polar surface area (TPSA) is 86.2 Å². The van der Waals surface area contributed by atoms with E-state index in [1.54, 1.807) is 0 Å². The van der Waals surface area contributed by atoms with Gasteiger partial charge in [-0.1, -0.05) is 30.3 Å². The van der Waals surface area contributed by atoms with Gasteiger partial charge in [-0.2, -0.15) is 0 Å². The lowest BCUT2D eigenvalue weighted by Crippen LogP contribution is -2.66. The van der Waals surface area contributed by atoms with E-state index in [1.165, 1.54) is 14.0 Å². The Morgan fingerprint density at radius 2 is 2.04 bits per heavy atom. The summed E-state index contributed by atoms with van der Waals surface area (Å²) in [6.07, 6.45) is -3.36. The summed E-state index contributed by atoms with van der Waals surface area (Å²) < 4.78 is 22.6. The lowest BCUT2D eigenvalue weighted by atomic mass is 9.95. The van der Waals surface area contributed by atoms with Gasteiger partial charge in [0.2, 0.25) is 5.91 Å². The zero-order valence-corrected chi connectivity index (χ0v) is 13.0. The van der Waals surface area contributed by atoms with Gasteiger partial charge < -0.3 is 29.4 Å². The van der Waals surface area contributed by atoms with Crippen molar-refractivity contribution in [2.24, 2.45) is 0 Å². The SMILES string of the molecule is CO[C@H]1O[C@@H]2COC(c3ccccc3)O[C@@H]2[C@H](O)[C@@H]1NC(C)=O. The number of hydrogen-bond donors (Lipinski definition) is 2. The molecule has 0 aliphatic carbocycles. The number of nitrogens with one attached hydrogen (secondary N) is 1. The Hall–Kier alpha value is -1.51.